The third-order valence-corrected chi connectivity index (χ3v) is 3.57. The van der Waals surface area contributed by atoms with Crippen LogP contribution in [0.25, 0.3) is 0 Å². The monoisotopic (exact) mass is 255 g/mol. The van der Waals surface area contributed by atoms with Gasteiger partial charge in [-0.2, -0.15) is 0 Å². The Bertz CT molecular complexity index is 552. The molecule has 1 aromatic carbocycles. The lowest BCUT2D eigenvalue weighted by Gasteiger charge is -2.21. The van der Waals surface area contributed by atoms with Crippen LogP contribution >= 0.6 is 0 Å². The molecular formula is C10H13N3O3S. The van der Waals surface area contributed by atoms with Crippen molar-refractivity contribution in [3.63, 3.8) is 0 Å². The minimum Gasteiger partial charge on any atom is -0.391 e. The lowest BCUT2D eigenvalue weighted by Crippen LogP contribution is -2.41. The molecule has 7 heteroatoms. The number of sulfonamides is 1. The van der Waals surface area contributed by atoms with Gasteiger partial charge in [-0.25, -0.2) is 18.1 Å². The quantitative estimate of drug-likeness (QED) is 0.700. The van der Waals surface area contributed by atoms with Crippen LogP contribution in [0.4, 0.5) is 5.69 Å². The number of guanidine groups is 1. The number of aliphatic hydroxyl groups excluding tert-OH is 1. The fourth-order valence-corrected chi connectivity index (χ4v) is 2.58. The fourth-order valence-electron chi connectivity index (χ4n) is 1.43. The van der Waals surface area contributed by atoms with Gasteiger partial charge in [0.05, 0.1) is 18.3 Å². The van der Waals surface area contributed by atoms with Crippen LogP contribution in [-0.4, -0.2) is 32.1 Å². The van der Waals surface area contributed by atoms with Crippen LogP contribution in [-0.2, 0) is 10.0 Å². The molecule has 1 atom stereocenters. The maximum Gasteiger partial charge on any atom is 0.266 e. The molecule has 3 N–H and O–H groups in total. The summed E-state index contributed by atoms with van der Waals surface area (Å²) in [6, 6.07) is 6.55. The molecule has 0 saturated heterocycles. The zero-order valence-electron chi connectivity index (χ0n) is 9.21. The van der Waals surface area contributed by atoms with Gasteiger partial charge in [0.15, 0.2) is 0 Å². The van der Waals surface area contributed by atoms with Gasteiger partial charge in [0.1, 0.15) is 4.90 Å². The molecule has 0 bridgehead atoms. The average Bonchev–Trinajstić information content (AvgIpc) is 2.25. The highest BCUT2D eigenvalue weighted by atomic mass is 32.2. The van der Waals surface area contributed by atoms with Crippen LogP contribution < -0.4 is 10.0 Å². The lowest BCUT2D eigenvalue weighted by atomic mass is 10.3. The second-order valence-electron chi connectivity index (χ2n) is 3.76. The Morgan fingerprint density at radius 1 is 1.41 bits per heavy atom. The number of benzene rings is 1. The molecule has 0 saturated carbocycles. The summed E-state index contributed by atoms with van der Waals surface area (Å²) in [5, 5.41) is 12.0. The molecule has 17 heavy (non-hydrogen) atoms. The van der Waals surface area contributed by atoms with Crippen LogP contribution in [0.1, 0.15) is 6.92 Å². The number of nitrogens with zero attached hydrogens (tertiary/aromatic N) is 1. The molecular weight excluding hydrogens is 242 g/mol. The molecule has 1 aliphatic heterocycles. The number of aliphatic imine (C=N–C) groups is 1. The standard InChI is InChI=1S/C10H13N3O3S/c1-7(14)6-11-10-12-8-4-2-3-5-9(8)17(15,16)13-10/h2-5,7,14H,6H2,1H3,(H2,11,12,13). The van der Waals surface area contributed by atoms with Crippen molar-refractivity contribution in [2.45, 2.75) is 17.9 Å². The van der Waals surface area contributed by atoms with Gasteiger partial charge in [-0.15, -0.1) is 0 Å². The maximum atomic E-state index is 11.8. The minimum atomic E-state index is -3.56. The molecule has 1 heterocycles. The molecule has 0 spiro atoms. The highest BCUT2D eigenvalue weighted by Gasteiger charge is 2.25. The summed E-state index contributed by atoms with van der Waals surface area (Å²) in [4.78, 5) is 4.13. The molecule has 92 valence electrons. The van der Waals surface area contributed by atoms with E-state index in [2.05, 4.69) is 15.0 Å². The summed E-state index contributed by atoms with van der Waals surface area (Å²) in [6.45, 7) is 1.71. The van der Waals surface area contributed by atoms with Gasteiger partial charge in [0, 0.05) is 0 Å². The van der Waals surface area contributed by atoms with Crippen molar-refractivity contribution in [1.29, 1.82) is 0 Å². The number of fused-ring (bicyclic) bond motifs is 1. The predicted octanol–water partition coefficient (Wildman–Crippen LogP) is 0.127. The molecule has 1 aliphatic rings. The van der Waals surface area contributed by atoms with Crippen LogP contribution in [0.2, 0.25) is 0 Å². The van der Waals surface area contributed by atoms with Crippen LogP contribution in [0.15, 0.2) is 34.2 Å². The molecule has 0 amide bonds. The van der Waals surface area contributed by atoms with Gasteiger partial charge < -0.3 is 10.4 Å². The lowest BCUT2D eigenvalue weighted by molar-refractivity contribution is 0.204. The van der Waals surface area contributed by atoms with Crippen LogP contribution in [0.3, 0.4) is 0 Å². The zero-order valence-corrected chi connectivity index (χ0v) is 10.0. The zero-order chi connectivity index (χ0) is 12.5. The summed E-state index contributed by atoms with van der Waals surface area (Å²) in [5.74, 6) is 0.129. The Labute approximate surface area is 99.4 Å². The Kier molecular flexibility index (Phi) is 3.03. The van der Waals surface area contributed by atoms with Crippen molar-refractivity contribution in [2.75, 3.05) is 11.9 Å². The second kappa shape index (κ2) is 4.34. The Hall–Kier alpha value is -1.60. The van der Waals surface area contributed by atoms with Gasteiger partial charge >= 0.3 is 0 Å². The van der Waals surface area contributed by atoms with Crippen LogP contribution in [0.5, 0.6) is 0 Å². The molecule has 0 fully saturated rings. The van der Waals surface area contributed by atoms with E-state index >= 15 is 0 Å². The van der Waals surface area contributed by atoms with E-state index in [9.17, 15) is 8.42 Å². The summed E-state index contributed by atoms with van der Waals surface area (Å²) >= 11 is 0. The molecule has 1 aromatic rings. The van der Waals surface area contributed by atoms with E-state index in [0.29, 0.717) is 5.69 Å². The highest BCUT2D eigenvalue weighted by Crippen LogP contribution is 2.23. The Balaban J connectivity index is 2.35. The van der Waals surface area contributed by atoms with E-state index in [1.165, 1.54) is 6.07 Å². The normalized spacial score (nSPS) is 21.2. The number of nitrogens with one attached hydrogen (secondary N) is 2. The number of hydrogen-bond donors (Lipinski definition) is 3. The SMILES string of the molecule is CC(O)CN=C1Nc2ccccc2S(=O)(=O)N1. The first kappa shape index (κ1) is 11.9. The summed E-state index contributed by atoms with van der Waals surface area (Å²) in [6.07, 6.45) is -0.619. The van der Waals surface area contributed by atoms with Crippen molar-refractivity contribution in [3.8, 4) is 0 Å². The van der Waals surface area contributed by atoms with Crippen molar-refractivity contribution in [3.05, 3.63) is 24.3 Å². The van der Waals surface area contributed by atoms with Gasteiger partial charge in [-0.05, 0) is 19.1 Å². The maximum absolute atomic E-state index is 11.8. The van der Waals surface area contributed by atoms with Crippen molar-refractivity contribution in [1.82, 2.24) is 4.72 Å². The first-order valence-corrected chi connectivity index (χ1v) is 6.59. The molecule has 0 radical (unpaired) electrons. The third-order valence-electron chi connectivity index (χ3n) is 2.17. The largest absolute Gasteiger partial charge is 0.391 e. The molecule has 1 unspecified atom stereocenters. The number of para-hydroxylation sites is 1. The van der Waals surface area contributed by atoms with E-state index in [1.54, 1.807) is 25.1 Å². The fraction of sp³-hybridized carbons (Fsp3) is 0.300. The first-order valence-electron chi connectivity index (χ1n) is 5.10. The van der Waals surface area contributed by atoms with E-state index < -0.39 is 16.1 Å². The number of hydrogen-bond acceptors (Lipinski definition) is 4. The average molecular weight is 255 g/mol. The second-order valence-corrected chi connectivity index (χ2v) is 5.42. The number of rotatable bonds is 2. The van der Waals surface area contributed by atoms with E-state index in [1.807, 2.05) is 0 Å². The van der Waals surface area contributed by atoms with E-state index in [-0.39, 0.29) is 17.4 Å². The number of aliphatic hydroxyl groups is 1. The Morgan fingerprint density at radius 3 is 2.82 bits per heavy atom. The van der Waals surface area contributed by atoms with Gasteiger partial charge in [0.25, 0.3) is 10.0 Å². The Morgan fingerprint density at radius 2 is 2.12 bits per heavy atom. The predicted molar refractivity (Wildman–Crippen MR) is 64.4 cm³/mol. The summed E-state index contributed by atoms with van der Waals surface area (Å²) in [7, 11) is -3.56. The molecule has 6 nitrogen and oxygen atoms in total. The molecule has 0 aromatic heterocycles. The van der Waals surface area contributed by atoms with Gasteiger partial charge in [-0.3, -0.25) is 0 Å². The summed E-state index contributed by atoms with van der Waals surface area (Å²) in [5.41, 5.74) is 0.482. The summed E-state index contributed by atoms with van der Waals surface area (Å²) < 4.78 is 26.0. The van der Waals surface area contributed by atoms with E-state index in [4.69, 9.17) is 5.11 Å². The van der Waals surface area contributed by atoms with Crippen molar-refractivity contribution < 1.29 is 13.5 Å². The first-order chi connectivity index (χ1) is 7.99. The molecule has 2 rings (SSSR count). The van der Waals surface area contributed by atoms with Gasteiger partial charge in [0.2, 0.25) is 5.96 Å². The van der Waals surface area contributed by atoms with Gasteiger partial charge in [-0.1, -0.05) is 12.1 Å². The smallest absolute Gasteiger partial charge is 0.266 e. The molecule has 0 aliphatic carbocycles. The van der Waals surface area contributed by atoms with Crippen molar-refractivity contribution in [2.24, 2.45) is 4.99 Å². The topological polar surface area (TPSA) is 90.8 Å². The third kappa shape index (κ3) is 2.56. The highest BCUT2D eigenvalue weighted by molar-refractivity contribution is 7.90. The van der Waals surface area contributed by atoms with Crippen molar-refractivity contribution >= 4 is 21.7 Å². The van der Waals surface area contributed by atoms with Crippen LogP contribution in [0, 0.1) is 0 Å². The van der Waals surface area contributed by atoms with E-state index in [0.717, 1.165) is 0 Å². The minimum absolute atomic E-state index is 0.129. The number of anilines is 1.